The quantitative estimate of drug-likeness (QED) is 0.700. The van der Waals surface area contributed by atoms with Gasteiger partial charge in [-0.25, -0.2) is 0 Å². The van der Waals surface area contributed by atoms with E-state index < -0.39 is 0 Å². The lowest BCUT2D eigenvalue weighted by molar-refractivity contribution is 0.271. The van der Waals surface area contributed by atoms with Crippen molar-refractivity contribution in [2.45, 2.75) is 31.8 Å². The second kappa shape index (κ2) is 2.86. The number of aromatic nitrogens is 3. The molecular formula is C8H13N3O. The van der Waals surface area contributed by atoms with E-state index in [0.717, 1.165) is 11.4 Å². The number of hydrogen-bond acceptors (Lipinski definition) is 3. The summed E-state index contributed by atoms with van der Waals surface area (Å²) in [4.78, 5) is 0. The standard InChI is InChI=1S/C8H13N3O/c1-11-8(6-3-2-4-6)7(5-12)9-10-11/h6,12H,2-5H2,1H3. The molecule has 0 unspecified atom stereocenters. The van der Waals surface area contributed by atoms with Crippen LogP contribution in [0.5, 0.6) is 0 Å². The predicted molar refractivity (Wildman–Crippen MR) is 43.5 cm³/mol. The summed E-state index contributed by atoms with van der Waals surface area (Å²) in [5.74, 6) is 0.590. The van der Waals surface area contributed by atoms with E-state index in [1.807, 2.05) is 7.05 Å². The molecule has 1 aromatic rings. The maximum absolute atomic E-state index is 8.98. The van der Waals surface area contributed by atoms with E-state index >= 15 is 0 Å². The molecule has 12 heavy (non-hydrogen) atoms. The Kier molecular flexibility index (Phi) is 1.84. The van der Waals surface area contributed by atoms with Crippen molar-refractivity contribution in [1.29, 1.82) is 0 Å². The van der Waals surface area contributed by atoms with Gasteiger partial charge in [-0.2, -0.15) is 0 Å². The van der Waals surface area contributed by atoms with Crippen LogP contribution < -0.4 is 0 Å². The molecular weight excluding hydrogens is 154 g/mol. The minimum Gasteiger partial charge on any atom is -0.390 e. The van der Waals surface area contributed by atoms with E-state index in [-0.39, 0.29) is 6.61 Å². The Morgan fingerprint density at radius 2 is 2.33 bits per heavy atom. The number of aliphatic hydroxyl groups excluding tert-OH is 1. The first-order valence-electron chi connectivity index (χ1n) is 4.32. The molecule has 0 radical (unpaired) electrons. The Bertz CT molecular complexity index is 278. The molecule has 1 heterocycles. The summed E-state index contributed by atoms with van der Waals surface area (Å²) in [7, 11) is 1.89. The van der Waals surface area contributed by atoms with Gasteiger partial charge in [0, 0.05) is 13.0 Å². The van der Waals surface area contributed by atoms with E-state index in [0.29, 0.717) is 5.92 Å². The van der Waals surface area contributed by atoms with Crippen molar-refractivity contribution in [3.8, 4) is 0 Å². The van der Waals surface area contributed by atoms with Gasteiger partial charge in [-0.3, -0.25) is 4.68 Å². The molecule has 1 aliphatic rings. The molecule has 0 spiro atoms. The molecule has 0 bridgehead atoms. The van der Waals surface area contributed by atoms with Crippen LogP contribution in [-0.2, 0) is 13.7 Å². The normalized spacial score (nSPS) is 17.8. The van der Waals surface area contributed by atoms with Crippen LogP contribution in [0.1, 0.15) is 36.6 Å². The van der Waals surface area contributed by atoms with Crippen LogP contribution in [-0.4, -0.2) is 20.1 Å². The summed E-state index contributed by atoms with van der Waals surface area (Å²) in [5.41, 5.74) is 1.88. The Labute approximate surface area is 71.2 Å². The van der Waals surface area contributed by atoms with Crippen molar-refractivity contribution >= 4 is 0 Å². The fourth-order valence-electron chi connectivity index (χ4n) is 1.70. The average Bonchev–Trinajstić information content (AvgIpc) is 2.30. The van der Waals surface area contributed by atoms with Gasteiger partial charge in [-0.1, -0.05) is 11.6 Å². The second-order valence-corrected chi connectivity index (χ2v) is 3.33. The number of aliphatic hydroxyl groups is 1. The van der Waals surface area contributed by atoms with Crippen molar-refractivity contribution in [3.63, 3.8) is 0 Å². The topological polar surface area (TPSA) is 50.9 Å². The first-order valence-corrected chi connectivity index (χ1v) is 4.32. The van der Waals surface area contributed by atoms with Crippen LogP contribution in [0.2, 0.25) is 0 Å². The molecule has 1 saturated carbocycles. The third-order valence-electron chi connectivity index (χ3n) is 2.59. The molecule has 0 atom stereocenters. The Hall–Kier alpha value is -0.900. The van der Waals surface area contributed by atoms with Gasteiger partial charge in [0.15, 0.2) is 0 Å². The zero-order chi connectivity index (χ0) is 8.55. The number of nitrogens with zero attached hydrogens (tertiary/aromatic N) is 3. The number of hydrogen-bond donors (Lipinski definition) is 1. The summed E-state index contributed by atoms with van der Waals surface area (Å²) in [5, 5.41) is 16.8. The van der Waals surface area contributed by atoms with Gasteiger partial charge in [-0.05, 0) is 12.8 Å². The van der Waals surface area contributed by atoms with Crippen molar-refractivity contribution in [3.05, 3.63) is 11.4 Å². The van der Waals surface area contributed by atoms with Gasteiger partial charge in [0.2, 0.25) is 0 Å². The van der Waals surface area contributed by atoms with Gasteiger partial charge >= 0.3 is 0 Å². The summed E-state index contributed by atoms with van der Waals surface area (Å²) in [6, 6.07) is 0. The second-order valence-electron chi connectivity index (χ2n) is 3.33. The smallest absolute Gasteiger partial charge is 0.112 e. The Morgan fingerprint density at radius 3 is 2.83 bits per heavy atom. The lowest BCUT2D eigenvalue weighted by atomic mass is 9.82. The van der Waals surface area contributed by atoms with Gasteiger partial charge in [-0.15, -0.1) is 5.10 Å². The maximum atomic E-state index is 8.98. The van der Waals surface area contributed by atoms with Crippen molar-refractivity contribution in [2.75, 3.05) is 0 Å². The summed E-state index contributed by atoms with van der Waals surface area (Å²) in [6.07, 6.45) is 3.73. The first kappa shape index (κ1) is 7.73. The van der Waals surface area contributed by atoms with Crippen LogP contribution in [0.3, 0.4) is 0 Å². The van der Waals surface area contributed by atoms with Crippen LogP contribution in [0.15, 0.2) is 0 Å². The van der Waals surface area contributed by atoms with Crippen molar-refractivity contribution in [1.82, 2.24) is 15.0 Å². The molecule has 0 aliphatic heterocycles. The highest BCUT2D eigenvalue weighted by Gasteiger charge is 2.25. The third kappa shape index (κ3) is 1.03. The highest BCUT2D eigenvalue weighted by Crippen LogP contribution is 2.36. The van der Waals surface area contributed by atoms with E-state index in [1.54, 1.807) is 4.68 Å². The van der Waals surface area contributed by atoms with Crippen LogP contribution in [0, 0.1) is 0 Å². The fourth-order valence-corrected chi connectivity index (χ4v) is 1.70. The van der Waals surface area contributed by atoms with Gasteiger partial charge in [0.1, 0.15) is 5.69 Å². The van der Waals surface area contributed by atoms with Gasteiger partial charge in [0.05, 0.1) is 12.3 Å². The average molecular weight is 167 g/mol. The highest BCUT2D eigenvalue weighted by molar-refractivity contribution is 5.16. The minimum absolute atomic E-state index is 0.0136. The SMILES string of the molecule is Cn1nnc(CO)c1C1CCC1. The van der Waals surface area contributed by atoms with Crippen molar-refractivity contribution in [2.24, 2.45) is 7.05 Å². The zero-order valence-electron chi connectivity index (χ0n) is 7.19. The minimum atomic E-state index is 0.0136. The summed E-state index contributed by atoms with van der Waals surface area (Å²) >= 11 is 0. The number of rotatable bonds is 2. The summed E-state index contributed by atoms with van der Waals surface area (Å²) < 4.78 is 1.79. The molecule has 1 aliphatic carbocycles. The third-order valence-corrected chi connectivity index (χ3v) is 2.59. The van der Waals surface area contributed by atoms with E-state index in [1.165, 1.54) is 19.3 Å². The monoisotopic (exact) mass is 167 g/mol. The van der Waals surface area contributed by atoms with Crippen molar-refractivity contribution < 1.29 is 5.11 Å². The highest BCUT2D eigenvalue weighted by atomic mass is 16.3. The lowest BCUT2D eigenvalue weighted by Crippen LogP contribution is -2.15. The lowest BCUT2D eigenvalue weighted by Gasteiger charge is -2.25. The van der Waals surface area contributed by atoms with E-state index in [9.17, 15) is 0 Å². The Balaban J connectivity index is 2.31. The molecule has 4 nitrogen and oxygen atoms in total. The van der Waals surface area contributed by atoms with Crippen LogP contribution in [0.25, 0.3) is 0 Å². The number of aryl methyl sites for hydroxylation is 1. The molecule has 0 saturated heterocycles. The summed E-state index contributed by atoms with van der Waals surface area (Å²) in [6.45, 7) is 0.0136. The molecule has 0 amide bonds. The Morgan fingerprint density at radius 1 is 1.58 bits per heavy atom. The molecule has 1 N–H and O–H groups in total. The molecule has 1 aromatic heterocycles. The van der Waals surface area contributed by atoms with E-state index in [2.05, 4.69) is 10.3 Å². The predicted octanol–water partition coefficient (Wildman–Crippen LogP) is 0.575. The first-order chi connectivity index (χ1) is 5.83. The van der Waals surface area contributed by atoms with Gasteiger partial charge < -0.3 is 5.11 Å². The van der Waals surface area contributed by atoms with Gasteiger partial charge in [0.25, 0.3) is 0 Å². The molecule has 2 rings (SSSR count). The molecule has 66 valence electrons. The van der Waals surface area contributed by atoms with Crippen LogP contribution in [0.4, 0.5) is 0 Å². The van der Waals surface area contributed by atoms with Crippen LogP contribution >= 0.6 is 0 Å². The molecule has 1 fully saturated rings. The largest absolute Gasteiger partial charge is 0.390 e. The zero-order valence-corrected chi connectivity index (χ0v) is 7.19. The fraction of sp³-hybridized carbons (Fsp3) is 0.750. The maximum Gasteiger partial charge on any atom is 0.112 e. The van der Waals surface area contributed by atoms with E-state index in [4.69, 9.17) is 5.11 Å². The molecule has 0 aromatic carbocycles. The molecule has 4 heteroatoms.